The van der Waals surface area contributed by atoms with Crippen molar-refractivity contribution in [3.8, 4) is 17.1 Å². The van der Waals surface area contributed by atoms with Gasteiger partial charge < -0.3 is 14.2 Å². The lowest BCUT2D eigenvalue weighted by molar-refractivity contribution is -0.119. The topological polar surface area (TPSA) is 86.1 Å². The van der Waals surface area contributed by atoms with Crippen molar-refractivity contribution >= 4 is 17.7 Å². The number of carbonyl (C=O) groups is 1. The molecule has 1 atom stereocenters. The van der Waals surface area contributed by atoms with E-state index in [1.54, 1.807) is 18.6 Å². The summed E-state index contributed by atoms with van der Waals surface area (Å²) in [4.78, 5) is 12.4. The largest absolute Gasteiger partial charge is 0.469 e. The van der Waals surface area contributed by atoms with E-state index < -0.39 is 0 Å². The summed E-state index contributed by atoms with van der Waals surface area (Å²) in [5.41, 5.74) is 1.78. The van der Waals surface area contributed by atoms with Gasteiger partial charge in [0.25, 0.3) is 0 Å². The lowest BCUT2D eigenvalue weighted by Gasteiger charge is -2.12. The molecule has 0 spiro atoms. The Kier molecular flexibility index (Phi) is 5.53. The first-order valence-corrected chi connectivity index (χ1v) is 10.1. The Morgan fingerprint density at radius 2 is 1.93 bits per heavy atom. The monoisotopic (exact) mass is 408 g/mol. The highest BCUT2D eigenvalue weighted by atomic mass is 32.2. The first-order chi connectivity index (χ1) is 14.1. The number of nitrogens with zero attached hydrogens (tertiary/aromatic N) is 3. The number of hydrogen-bond acceptors (Lipinski definition) is 6. The maximum absolute atomic E-state index is 12.4. The van der Waals surface area contributed by atoms with Crippen LogP contribution in [0.15, 0.2) is 75.0 Å². The zero-order valence-electron chi connectivity index (χ0n) is 16.0. The Labute approximate surface area is 172 Å². The van der Waals surface area contributed by atoms with Crippen LogP contribution in [0.3, 0.4) is 0 Å². The first-order valence-electron chi connectivity index (χ1n) is 9.14. The molecule has 0 fully saturated rings. The summed E-state index contributed by atoms with van der Waals surface area (Å²) in [6.07, 6.45) is 3.22. The fourth-order valence-corrected chi connectivity index (χ4v) is 3.75. The average Bonchev–Trinajstić information content (AvgIpc) is 3.47. The van der Waals surface area contributed by atoms with Gasteiger partial charge in [-0.15, -0.1) is 10.2 Å². The molecule has 0 unspecified atom stereocenters. The van der Waals surface area contributed by atoms with E-state index in [0.717, 1.165) is 17.0 Å². The Morgan fingerprint density at radius 3 is 2.62 bits per heavy atom. The molecule has 4 rings (SSSR count). The fourth-order valence-electron chi connectivity index (χ4n) is 2.99. The van der Waals surface area contributed by atoms with Gasteiger partial charge in [0.2, 0.25) is 5.91 Å². The maximum atomic E-state index is 12.4. The molecule has 29 heavy (non-hydrogen) atoms. The standard InChI is InChI=1S/C21H20N4O3S/c1-14(18-9-6-11-28-18)22-19(26)13-29-21-24-23-20(17-10-12-27-15(17)2)25(21)16-7-4-3-5-8-16/h3-12,14H,13H2,1-2H3,(H,22,26)/t14-/m1/s1. The summed E-state index contributed by atoms with van der Waals surface area (Å²) in [5, 5.41) is 12.2. The molecule has 0 aliphatic rings. The molecule has 0 aliphatic carbocycles. The SMILES string of the molecule is Cc1occc1-c1nnc(SCC(=O)N[C@H](C)c2ccco2)n1-c1ccccc1. The van der Waals surface area contributed by atoms with E-state index in [-0.39, 0.29) is 17.7 Å². The fraction of sp³-hybridized carbons (Fsp3) is 0.190. The third-order valence-corrected chi connectivity index (χ3v) is 5.36. The van der Waals surface area contributed by atoms with Crippen molar-refractivity contribution in [1.29, 1.82) is 0 Å². The van der Waals surface area contributed by atoms with Crippen molar-refractivity contribution in [3.63, 3.8) is 0 Å². The number of para-hydroxylation sites is 1. The molecule has 1 amide bonds. The molecule has 148 valence electrons. The highest BCUT2D eigenvalue weighted by molar-refractivity contribution is 7.99. The number of hydrogen-bond donors (Lipinski definition) is 1. The van der Waals surface area contributed by atoms with Gasteiger partial charge in [-0.05, 0) is 44.2 Å². The molecule has 0 saturated heterocycles. The number of carbonyl (C=O) groups excluding carboxylic acids is 1. The predicted molar refractivity (Wildman–Crippen MR) is 110 cm³/mol. The summed E-state index contributed by atoms with van der Waals surface area (Å²) < 4.78 is 12.7. The third-order valence-electron chi connectivity index (χ3n) is 4.43. The van der Waals surface area contributed by atoms with Crippen LogP contribution in [0.5, 0.6) is 0 Å². The minimum absolute atomic E-state index is 0.109. The summed E-state index contributed by atoms with van der Waals surface area (Å²) in [7, 11) is 0. The van der Waals surface area contributed by atoms with Crippen LogP contribution in [0.25, 0.3) is 17.1 Å². The number of aromatic nitrogens is 3. The second kappa shape index (κ2) is 8.40. The van der Waals surface area contributed by atoms with Gasteiger partial charge >= 0.3 is 0 Å². The summed E-state index contributed by atoms with van der Waals surface area (Å²) in [5.74, 6) is 2.25. The van der Waals surface area contributed by atoms with Crippen LogP contribution < -0.4 is 5.32 Å². The quantitative estimate of drug-likeness (QED) is 0.456. The molecule has 1 N–H and O–H groups in total. The van der Waals surface area contributed by atoms with Crippen LogP contribution in [0.1, 0.15) is 24.5 Å². The second-order valence-corrected chi connectivity index (χ2v) is 7.40. The van der Waals surface area contributed by atoms with Crippen LogP contribution in [-0.4, -0.2) is 26.4 Å². The second-order valence-electron chi connectivity index (χ2n) is 6.46. The van der Waals surface area contributed by atoms with Crippen molar-refractivity contribution in [1.82, 2.24) is 20.1 Å². The number of thioether (sulfide) groups is 1. The molecule has 0 saturated carbocycles. The summed E-state index contributed by atoms with van der Waals surface area (Å²) in [6, 6.07) is 15.1. The van der Waals surface area contributed by atoms with Gasteiger partial charge in [-0.25, -0.2) is 0 Å². The van der Waals surface area contributed by atoms with Gasteiger partial charge in [0.1, 0.15) is 11.5 Å². The van der Waals surface area contributed by atoms with Crippen molar-refractivity contribution in [2.24, 2.45) is 0 Å². The molecule has 0 aliphatic heterocycles. The molecular weight excluding hydrogens is 388 g/mol. The van der Waals surface area contributed by atoms with Gasteiger partial charge in [-0.2, -0.15) is 0 Å². The van der Waals surface area contributed by atoms with E-state index in [1.165, 1.54) is 11.8 Å². The van der Waals surface area contributed by atoms with Gasteiger partial charge in [-0.3, -0.25) is 9.36 Å². The van der Waals surface area contributed by atoms with E-state index in [4.69, 9.17) is 8.83 Å². The minimum Gasteiger partial charge on any atom is -0.469 e. The molecule has 4 aromatic rings. The molecule has 3 aromatic heterocycles. The highest BCUT2D eigenvalue weighted by Gasteiger charge is 2.20. The predicted octanol–water partition coefficient (Wildman–Crippen LogP) is 4.40. The van der Waals surface area contributed by atoms with Crippen LogP contribution in [-0.2, 0) is 4.79 Å². The van der Waals surface area contributed by atoms with Crippen molar-refractivity contribution < 1.29 is 13.6 Å². The van der Waals surface area contributed by atoms with Crippen molar-refractivity contribution in [3.05, 3.63) is 72.6 Å². The van der Waals surface area contributed by atoms with E-state index in [1.807, 2.05) is 60.9 Å². The summed E-state index contributed by atoms with van der Waals surface area (Å²) in [6.45, 7) is 3.77. The van der Waals surface area contributed by atoms with Crippen LogP contribution in [0, 0.1) is 6.92 Å². The number of rotatable bonds is 7. The Balaban J connectivity index is 1.55. The van der Waals surface area contributed by atoms with E-state index in [9.17, 15) is 4.79 Å². The van der Waals surface area contributed by atoms with Gasteiger partial charge in [-0.1, -0.05) is 30.0 Å². The zero-order chi connectivity index (χ0) is 20.2. The van der Waals surface area contributed by atoms with Crippen LogP contribution in [0.4, 0.5) is 0 Å². The number of amides is 1. The van der Waals surface area contributed by atoms with E-state index >= 15 is 0 Å². The molecule has 3 heterocycles. The Hall–Kier alpha value is -3.26. The Morgan fingerprint density at radius 1 is 1.10 bits per heavy atom. The van der Waals surface area contributed by atoms with E-state index in [0.29, 0.717) is 16.7 Å². The van der Waals surface area contributed by atoms with Crippen LogP contribution in [0.2, 0.25) is 0 Å². The van der Waals surface area contributed by atoms with Gasteiger partial charge in [0.15, 0.2) is 11.0 Å². The molecule has 8 heteroatoms. The van der Waals surface area contributed by atoms with Crippen LogP contribution >= 0.6 is 11.8 Å². The number of furan rings is 2. The van der Waals surface area contributed by atoms with Crippen molar-refractivity contribution in [2.75, 3.05) is 5.75 Å². The normalized spacial score (nSPS) is 12.1. The number of benzene rings is 1. The highest BCUT2D eigenvalue weighted by Crippen LogP contribution is 2.30. The van der Waals surface area contributed by atoms with E-state index in [2.05, 4.69) is 15.5 Å². The lowest BCUT2D eigenvalue weighted by Crippen LogP contribution is -2.28. The summed E-state index contributed by atoms with van der Waals surface area (Å²) >= 11 is 1.33. The molecular formula is C21H20N4O3S. The molecule has 7 nitrogen and oxygen atoms in total. The zero-order valence-corrected chi connectivity index (χ0v) is 16.8. The molecule has 0 radical (unpaired) electrons. The average molecular weight is 408 g/mol. The maximum Gasteiger partial charge on any atom is 0.231 e. The minimum atomic E-state index is -0.200. The smallest absolute Gasteiger partial charge is 0.231 e. The molecule has 0 bridgehead atoms. The third kappa shape index (κ3) is 4.12. The molecule has 1 aromatic carbocycles. The number of nitrogens with one attached hydrogen (secondary N) is 1. The number of aryl methyl sites for hydroxylation is 1. The Bertz CT molecular complexity index is 1090. The first kappa shape index (κ1) is 19.1. The van der Waals surface area contributed by atoms with Gasteiger partial charge in [0.05, 0.1) is 29.9 Å². The lowest BCUT2D eigenvalue weighted by atomic mass is 10.2. The van der Waals surface area contributed by atoms with Gasteiger partial charge in [0, 0.05) is 5.69 Å². The van der Waals surface area contributed by atoms with Crippen molar-refractivity contribution in [2.45, 2.75) is 25.0 Å².